The molecule has 0 saturated carbocycles. The van der Waals surface area contributed by atoms with E-state index in [0.717, 1.165) is 6.07 Å². The predicted molar refractivity (Wildman–Crippen MR) is 72.6 cm³/mol. The molecule has 114 valence electrons. The summed E-state index contributed by atoms with van der Waals surface area (Å²) in [6.07, 6.45) is -4.48. The van der Waals surface area contributed by atoms with E-state index < -0.39 is 17.7 Å². The number of aromatic nitrogens is 3. The van der Waals surface area contributed by atoms with Gasteiger partial charge in [-0.25, -0.2) is 4.79 Å². The van der Waals surface area contributed by atoms with Gasteiger partial charge in [-0.2, -0.15) is 18.3 Å². The Morgan fingerprint density at radius 1 is 1.32 bits per heavy atom. The zero-order chi connectivity index (χ0) is 16.1. The molecule has 0 aliphatic carbocycles. The predicted octanol–water partition coefficient (Wildman–Crippen LogP) is 3.58. The minimum absolute atomic E-state index is 0.0395. The molecular formula is C14H10F3N3O2. The first-order valence-corrected chi connectivity index (χ1v) is 6.26. The van der Waals surface area contributed by atoms with E-state index in [0.29, 0.717) is 16.6 Å². The Morgan fingerprint density at radius 2 is 2.05 bits per heavy atom. The van der Waals surface area contributed by atoms with Gasteiger partial charge in [-0.15, -0.1) is 0 Å². The van der Waals surface area contributed by atoms with Crippen molar-refractivity contribution >= 4 is 16.9 Å². The summed E-state index contributed by atoms with van der Waals surface area (Å²) >= 11 is 0. The number of aryl methyl sites for hydroxylation is 1. The van der Waals surface area contributed by atoms with Gasteiger partial charge in [-0.3, -0.25) is 5.10 Å². The topological polar surface area (TPSA) is 81.8 Å². The molecule has 0 radical (unpaired) electrons. The summed E-state index contributed by atoms with van der Waals surface area (Å²) < 4.78 is 39.2. The Bertz CT molecular complexity index is 877. The van der Waals surface area contributed by atoms with E-state index in [1.54, 1.807) is 13.0 Å². The number of para-hydroxylation sites is 1. The quantitative estimate of drug-likeness (QED) is 0.676. The number of halogens is 3. The van der Waals surface area contributed by atoms with E-state index in [-0.39, 0.29) is 16.9 Å². The van der Waals surface area contributed by atoms with E-state index in [4.69, 9.17) is 5.11 Å². The van der Waals surface area contributed by atoms with Crippen LogP contribution in [0.15, 0.2) is 24.3 Å². The molecule has 0 amide bonds. The van der Waals surface area contributed by atoms with E-state index in [9.17, 15) is 18.0 Å². The van der Waals surface area contributed by atoms with Crippen LogP contribution in [0.4, 0.5) is 13.2 Å². The zero-order valence-corrected chi connectivity index (χ0v) is 11.2. The number of nitrogens with zero attached hydrogens (tertiary/aromatic N) is 1. The van der Waals surface area contributed by atoms with Gasteiger partial charge >= 0.3 is 12.1 Å². The smallest absolute Gasteiger partial charge is 0.418 e. The highest BCUT2D eigenvalue weighted by Gasteiger charge is 2.34. The highest BCUT2D eigenvalue weighted by Crippen LogP contribution is 2.39. The van der Waals surface area contributed by atoms with Crippen molar-refractivity contribution in [2.24, 2.45) is 0 Å². The molecule has 0 fully saturated rings. The zero-order valence-electron chi connectivity index (χ0n) is 11.2. The van der Waals surface area contributed by atoms with Crippen LogP contribution in [-0.4, -0.2) is 26.3 Å². The number of carboxylic acid groups (broad SMARTS) is 1. The lowest BCUT2D eigenvalue weighted by atomic mass is 10.0. The minimum atomic E-state index is -4.48. The van der Waals surface area contributed by atoms with Crippen LogP contribution in [-0.2, 0) is 6.18 Å². The van der Waals surface area contributed by atoms with Crippen molar-refractivity contribution in [2.45, 2.75) is 13.1 Å². The number of carbonyl (C=O) groups is 1. The first-order valence-electron chi connectivity index (χ1n) is 6.26. The number of nitrogens with one attached hydrogen (secondary N) is 2. The van der Waals surface area contributed by atoms with Gasteiger partial charge in [-0.1, -0.05) is 12.1 Å². The van der Waals surface area contributed by atoms with Crippen molar-refractivity contribution in [1.29, 1.82) is 0 Å². The van der Waals surface area contributed by atoms with E-state index in [1.807, 2.05) is 0 Å². The number of benzene rings is 1. The van der Waals surface area contributed by atoms with Crippen LogP contribution in [0.1, 0.15) is 21.7 Å². The van der Waals surface area contributed by atoms with Crippen LogP contribution < -0.4 is 0 Å². The molecule has 0 atom stereocenters. The van der Waals surface area contributed by atoms with Crippen LogP contribution in [0, 0.1) is 6.92 Å². The first kappa shape index (κ1) is 14.2. The lowest BCUT2D eigenvalue weighted by Gasteiger charge is -2.07. The third kappa shape index (κ3) is 2.12. The van der Waals surface area contributed by atoms with Crippen molar-refractivity contribution < 1.29 is 23.1 Å². The Kier molecular flexibility index (Phi) is 2.98. The molecule has 0 spiro atoms. The maximum Gasteiger partial charge on any atom is 0.418 e. The molecular weight excluding hydrogens is 299 g/mol. The average molecular weight is 309 g/mol. The fraction of sp³-hybridized carbons (Fsp3) is 0.143. The number of H-pyrrole nitrogens is 2. The van der Waals surface area contributed by atoms with E-state index in [1.165, 1.54) is 12.1 Å². The highest BCUT2D eigenvalue weighted by atomic mass is 19.4. The number of aromatic carboxylic acids is 1. The minimum Gasteiger partial charge on any atom is -0.477 e. The summed E-state index contributed by atoms with van der Waals surface area (Å²) in [4.78, 5) is 13.6. The van der Waals surface area contributed by atoms with Crippen LogP contribution >= 0.6 is 0 Å². The molecule has 3 N–H and O–H groups in total. The van der Waals surface area contributed by atoms with Crippen LogP contribution in [0.2, 0.25) is 0 Å². The average Bonchev–Trinajstić information content (AvgIpc) is 2.99. The van der Waals surface area contributed by atoms with Crippen LogP contribution in [0.5, 0.6) is 0 Å². The summed E-state index contributed by atoms with van der Waals surface area (Å²) in [6, 6.07) is 5.14. The summed E-state index contributed by atoms with van der Waals surface area (Å²) in [5.74, 6) is -1.19. The molecule has 3 aromatic rings. The Morgan fingerprint density at radius 3 is 2.64 bits per heavy atom. The molecule has 0 aliphatic heterocycles. The molecule has 1 aromatic carbocycles. The van der Waals surface area contributed by atoms with Crippen molar-refractivity contribution in [3.05, 3.63) is 41.2 Å². The van der Waals surface area contributed by atoms with Crippen molar-refractivity contribution in [2.75, 3.05) is 0 Å². The Balaban J connectivity index is 2.26. The van der Waals surface area contributed by atoms with Gasteiger partial charge in [0, 0.05) is 16.6 Å². The number of hydrogen-bond donors (Lipinski definition) is 3. The standard InChI is InChI=1S/C14H10F3N3O2/c1-6-11(9-5-10(13(21)22)20-19-9)7-3-2-4-8(12(7)18-6)14(15,16)17/h2-5,18H,1H3,(H,19,20)(H,21,22). The van der Waals surface area contributed by atoms with Gasteiger partial charge in [-0.05, 0) is 19.1 Å². The fourth-order valence-corrected chi connectivity index (χ4v) is 2.47. The molecule has 5 nitrogen and oxygen atoms in total. The Labute approximate surface area is 121 Å². The van der Waals surface area contributed by atoms with Gasteiger partial charge in [0.2, 0.25) is 0 Å². The summed E-state index contributed by atoms with van der Waals surface area (Å²) in [5.41, 5.74) is 0.270. The van der Waals surface area contributed by atoms with Crippen LogP contribution in [0.3, 0.4) is 0 Å². The number of rotatable bonds is 2. The van der Waals surface area contributed by atoms with Gasteiger partial charge < -0.3 is 10.1 Å². The number of alkyl halides is 3. The fourth-order valence-electron chi connectivity index (χ4n) is 2.47. The molecule has 2 heterocycles. The van der Waals surface area contributed by atoms with Crippen molar-refractivity contribution in [1.82, 2.24) is 15.2 Å². The van der Waals surface area contributed by atoms with Crippen LogP contribution in [0.25, 0.3) is 22.2 Å². The van der Waals surface area contributed by atoms with Gasteiger partial charge in [0.15, 0.2) is 0 Å². The van der Waals surface area contributed by atoms with Crippen molar-refractivity contribution in [3.8, 4) is 11.3 Å². The van der Waals surface area contributed by atoms with Crippen molar-refractivity contribution in [3.63, 3.8) is 0 Å². The maximum absolute atomic E-state index is 13.1. The first-order chi connectivity index (χ1) is 10.3. The summed E-state index contributed by atoms with van der Waals surface area (Å²) in [6.45, 7) is 1.62. The van der Waals surface area contributed by atoms with Gasteiger partial charge in [0.05, 0.1) is 16.8 Å². The molecule has 0 aliphatic rings. The number of carboxylic acids is 1. The lowest BCUT2D eigenvalue weighted by molar-refractivity contribution is -0.136. The summed E-state index contributed by atoms with van der Waals surface area (Å²) in [7, 11) is 0. The second-order valence-electron chi connectivity index (χ2n) is 4.82. The second-order valence-corrected chi connectivity index (χ2v) is 4.82. The Hall–Kier alpha value is -2.77. The van der Waals surface area contributed by atoms with E-state index >= 15 is 0 Å². The third-order valence-corrected chi connectivity index (χ3v) is 3.39. The molecule has 8 heteroatoms. The summed E-state index contributed by atoms with van der Waals surface area (Å²) in [5, 5.41) is 15.5. The lowest BCUT2D eigenvalue weighted by Crippen LogP contribution is -2.05. The molecule has 0 bridgehead atoms. The van der Waals surface area contributed by atoms with E-state index in [2.05, 4.69) is 15.2 Å². The highest BCUT2D eigenvalue weighted by molar-refractivity contribution is 5.99. The monoisotopic (exact) mass is 309 g/mol. The molecule has 0 saturated heterocycles. The number of fused-ring (bicyclic) bond motifs is 1. The van der Waals surface area contributed by atoms with Gasteiger partial charge in [0.1, 0.15) is 5.69 Å². The largest absolute Gasteiger partial charge is 0.477 e. The normalized spacial score (nSPS) is 12.0. The number of aromatic amines is 2. The molecule has 22 heavy (non-hydrogen) atoms. The molecule has 0 unspecified atom stereocenters. The second kappa shape index (κ2) is 4.62. The molecule has 2 aromatic heterocycles. The SMILES string of the molecule is Cc1[nH]c2c(C(F)(F)F)cccc2c1-c1cc(C(=O)O)[nH]n1. The maximum atomic E-state index is 13.1. The third-order valence-electron chi connectivity index (χ3n) is 3.39. The number of hydrogen-bond acceptors (Lipinski definition) is 2. The van der Waals surface area contributed by atoms with Gasteiger partial charge in [0.25, 0.3) is 0 Å². The molecule has 3 rings (SSSR count).